The highest BCUT2D eigenvalue weighted by Gasteiger charge is 2.21. The largest absolute Gasteiger partial charge is 0.310 e. The van der Waals surface area contributed by atoms with Crippen molar-refractivity contribution in [1.82, 2.24) is 4.57 Å². The number of nitrogens with zero attached hydrogens (tertiary/aromatic N) is 3. The van der Waals surface area contributed by atoms with Gasteiger partial charge < -0.3 is 14.4 Å². The van der Waals surface area contributed by atoms with Crippen LogP contribution in [-0.2, 0) is 0 Å². The Hall–Kier alpha value is -7.62. The Morgan fingerprint density at radius 3 is 1.61 bits per heavy atom. The maximum atomic E-state index is 2.42. The third-order valence-electron chi connectivity index (χ3n) is 11.3. The van der Waals surface area contributed by atoms with Crippen LogP contribution in [-0.4, -0.2) is 4.57 Å². The van der Waals surface area contributed by atoms with Crippen LogP contribution in [0.15, 0.2) is 224 Å². The van der Waals surface area contributed by atoms with Crippen molar-refractivity contribution in [1.29, 1.82) is 0 Å². The lowest BCUT2D eigenvalue weighted by Gasteiger charge is -2.30. The number of hydrogen-bond acceptors (Lipinski definition) is 2. The highest BCUT2D eigenvalue weighted by Crippen LogP contribution is 2.45. The summed E-state index contributed by atoms with van der Waals surface area (Å²) in [6, 6.07) is 81.2. The molecule has 0 saturated heterocycles. The van der Waals surface area contributed by atoms with Crippen LogP contribution in [0.1, 0.15) is 0 Å². The van der Waals surface area contributed by atoms with E-state index in [1.165, 1.54) is 54.1 Å². The molecule has 0 N–H and O–H groups in total. The highest BCUT2D eigenvalue weighted by molar-refractivity contribution is 6.21. The molecule has 57 heavy (non-hydrogen) atoms. The monoisotopic (exact) mass is 727 g/mol. The minimum atomic E-state index is 1.07. The summed E-state index contributed by atoms with van der Waals surface area (Å²) in [5, 5.41) is 9.90. The molecule has 0 aliphatic rings. The molecule has 10 aromatic carbocycles. The summed E-state index contributed by atoms with van der Waals surface area (Å²) in [7, 11) is 0. The first-order chi connectivity index (χ1) is 28.3. The van der Waals surface area contributed by atoms with Crippen molar-refractivity contribution in [3.8, 4) is 5.69 Å². The minimum absolute atomic E-state index is 1.07. The fourth-order valence-corrected chi connectivity index (χ4v) is 8.80. The Balaban J connectivity index is 1.12. The molecule has 3 heteroatoms. The SMILES string of the molecule is c1ccc(N(c2cccc(N(c3ccccc3)c3cccc4ccc5c6ccccc6ccc5c34)c2)c2ccc3c(c2)c2ccccc2n3-c2ccccc2)cc1. The molecule has 268 valence electrons. The Bertz CT molecular complexity index is 3240. The lowest BCUT2D eigenvalue weighted by molar-refractivity contribution is 1.18. The molecule has 1 aromatic heterocycles. The predicted molar refractivity (Wildman–Crippen MR) is 243 cm³/mol. The Labute approximate surface area is 331 Å². The summed E-state index contributed by atoms with van der Waals surface area (Å²) in [6.45, 7) is 0. The fraction of sp³-hybridized carbons (Fsp3) is 0. The molecule has 3 nitrogen and oxygen atoms in total. The van der Waals surface area contributed by atoms with Crippen LogP contribution >= 0.6 is 0 Å². The molecule has 0 spiro atoms. The Morgan fingerprint density at radius 2 is 0.825 bits per heavy atom. The van der Waals surface area contributed by atoms with Gasteiger partial charge in [-0.2, -0.15) is 0 Å². The van der Waals surface area contributed by atoms with E-state index >= 15 is 0 Å². The van der Waals surface area contributed by atoms with E-state index in [9.17, 15) is 0 Å². The van der Waals surface area contributed by atoms with E-state index in [2.05, 4.69) is 239 Å². The van der Waals surface area contributed by atoms with Gasteiger partial charge in [-0.3, -0.25) is 0 Å². The Morgan fingerprint density at radius 1 is 0.281 bits per heavy atom. The van der Waals surface area contributed by atoms with E-state index < -0.39 is 0 Å². The number of fused-ring (bicyclic) bond motifs is 8. The van der Waals surface area contributed by atoms with Gasteiger partial charge >= 0.3 is 0 Å². The normalized spacial score (nSPS) is 11.5. The quantitative estimate of drug-likeness (QED) is 0.151. The molecule has 0 aliphatic heterocycles. The zero-order chi connectivity index (χ0) is 37.7. The van der Waals surface area contributed by atoms with E-state index in [1.807, 2.05) is 0 Å². The van der Waals surface area contributed by atoms with Crippen molar-refractivity contribution in [2.75, 3.05) is 9.80 Å². The van der Waals surface area contributed by atoms with E-state index in [4.69, 9.17) is 0 Å². The zero-order valence-corrected chi connectivity index (χ0v) is 31.2. The van der Waals surface area contributed by atoms with Crippen molar-refractivity contribution in [3.63, 3.8) is 0 Å². The summed E-state index contributed by atoms with van der Waals surface area (Å²) < 4.78 is 2.37. The topological polar surface area (TPSA) is 11.4 Å². The van der Waals surface area contributed by atoms with Gasteiger partial charge in [0.15, 0.2) is 0 Å². The second-order valence-corrected chi connectivity index (χ2v) is 14.6. The Kier molecular flexibility index (Phi) is 7.82. The first-order valence-corrected chi connectivity index (χ1v) is 19.5. The predicted octanol–water partition coefficient (Wildman–Crippen LogP) is 15.2. The van der Waals surface area contributed by atoms with Crippen LogP contribution < -0.4 is 9.80 Å². The average Bonchev–Trinajstić information content (AvgIpc) is 3.61. The van der Waals surface area contributed by atoms with Gasteiger partial charge in [0.2, 0.25) is 0 Å². The molecule has 0 fully saturated rings. The van der Waals surface area contributed by atoms with Crippen LogP contribution in [0.3, 0.4) is 0 Å². The molecule has 0 radical (unpaired) electrons. The highest BCUT2D eigenvalue weighted by atomic mass is 15.2. The second-order valence-electron chi connectivity index (χ2n) is 14.6. The van der Waals surface area contributed by atoms with E-state index in [1.54, 1.807) is 0 Å². The molecule has 0 aliphatic carbocycles. The number of hydrogen-bond donors (Lipinski definition) is 0. The summed E-state index contributed by atoms with van der Waals surface area (Å²) in [5.41, 5.74) is 10.1. The molecule has 0 unspecified atom stereocenters. The minimum Gasteiger partial charge on any atom is -0.310 e. The van der Waals surface area contributed by atoms with E-state index in [0.717, 1.165) is 39.8 Å². The summed E-state index contributed by atoms with van der Waals surface area (Å²) in [6.07, 6.45) is 0. The van der Waals surface area contributed by atoms with Crippen LogP contribution in [0.2, 0.25) is 0 Å². The molecular formula is C54H37N3. The lowest BCUT2D eigenvalue weighted by Crippen LogP contribution is -2.13. The molecule has 0 atom stereocenters. The number of aromatic nitrogens is 1. The third kappa shape index (κ3) is 5.51. The number of rotatable bonds is 7. The van der Waals surface area contributed by atoms with Crippen LogP contribution in [0.5, 0.6) is 0 Å². The van der Waals surface area contributed by atoms with Crippen molar-refractivity contribution in [3.05, 3.63) is 224 Å². The molecule has 1 heterocycles. The van der Waals surface area contributed by atoms with Crippen molar-refractivity contribution in [2.24, 2.45) is 0 Å². The van der Waals surface area contributed by atoms with Gasteiger partial charge in [-0.15, -0.1) is 0 Å². The summed E-state index contributed by atoms with van der Waals surface area (Å²) in [5.74, 6) is 0. The van der Waals surface area contributed by atoms with Gasteiger partial charge in [-0.05, 0) is 112 Å². The number of benzene rings is 10. The fourth-order valence-electron chi connectivity index (χ4n) is 8.80. The standard InChI is InChI=1S/C54H37N3/c1-4-18-40(19-5-1)55(45-32-35-52-50(37-45)48-27-12-13-28-51(48)57(52)42-22-8-3-9-23-42)43-24-15-25-44(36-43)56(41-20-6-2-7-21-41)53-29-14-17-39-31-33-47-46-26-11-10-16-38(46)30-34-49(47)54(39)53/h1-37H. The van der Waals surface area contributed by atoms with Crippen molar-refractivity contribution in [2.45, 2.75) is 0 Å². The van der Waals surface area contributed by atoms with Crippen LogP contribution in [0.25, 0.3) is 59.8 Å². The van der Waals surface area contributed by atoms with Gasteiger partial charge in [0.05, 0.1) is 16.7 Å². The maximum absolute atomic E-state index is 2.42. The molecule has 11 aromatic rings. The number of anilines is 6. The van der Waals surface area contributed by atoms with E-state index in [0.29, 0.717) is 0 Å². The summed E-state index contributed by atoms with van der Waals surface area (Å²) in [4.78, 5) is 4.80. The molecule has 0 bridgehead atoms. The molecule has 0 saturated carbocycles. The smallest absolute Gasteiger partial charge is 0.0546 e. The molecule has 0 amide bonds. The van der Waals surface area contributed by atoms with E-state index in [-0.39, 0.29) is 0 Å². The van der Waals surface area contributed by atoms with Gasteiger partial charge in [-0.1, -0.05) is 140 Å². The average molecular weight is 728 g/mol. The first-order valence-electron chi connectivity index (χ1n) is 19.5. The maximum Gasteiger partial charge on any atom is 0.0546 e. The van der Waals surface area contributed by atoms with Gasteiger partial charge in [-0.25, -0.2) is 0 Å². The number of para-hydroxylation sites is 4. The van der Waals surface area contributed by atoms with Crippen molar-refractivity contribution >= 4 is 88.2 Å². The molecular weight excluding hydrogens is 691 g/mol. The summed E-state index contributed by atoms with van der Waals surface area (Å²) >= 11 is 0. The van der Waals surface area contributed by atoms with Gasteiger partial charge in [0.25, 0.3) is 0 Å². The van der Waals surface area contributed by atoms with Crippen molar-refractivity contribution < 1.29 is 0 Å². The first kappa shape index (κ1) is 32.8. The van der Waals surface area contributed by atoms with Gasteiger partial charge in [0, 0.05) is 50.3 Å². The lowest BCUT2D eigenvalue weighted by atomic mass is 9.95. The van der Waals surface area contributed by atoms with Crippen LogP contribution in [0.4, 0.5) is 34.1 Å². The third-order valence-corrected chi connectivity index (χ3v) is 11.3. The van der Waals surface area contributed by atoms with Crippen LogP contribution in [0, 0.1) is 0 Å². The second kappa shape index (κ2) is 13.6. The zero-order valence-electron chi connectivity index (χ0n) is 31.2. The molecule has 11 rings (SSSR count). The van der Waals surface area contributed by atoms with Gasteiger partial charge in [0.1, 0.15) is 0 Å².